The van der Waals surface area contributed by atoms with E-state index in [4.69, 9.17) is 4.74 Å². The number of likely N-dealkylation sites (N-methyl/N-ethyl adjacent to an activating group) is 1. The first-order valence-corrected chi connectivity index (χ1v) is 7.77. The predicted molar refractivity (Wildman–Crippen MR) is 84.9 cm³/mol. The number of benzene rings is 1. The molecule has 0 saturated heterocycles. The second kappa shape index (κ2) is 7.22. The van der Waals surface area contributed by atoms with Gasteiger partial charge >= 0.3 is 0 Å². The zero-order valence-electron chi connectivity index (χ0n) is 12.6. The summed E-state index contributed by atoms with van der Waals surface area (Å²) in [5, 5.41) is 2.92. The van der Waals surface area contributed by atoms with Crippen molar-refractivity contribution < 1.29 is 9.53 Å². The molecule has 0 bridgehead atoms. The summed E-state index contributed by atoms with van der Waals surface area (Å²) in [5.41, 5.74) is 1.94. The van der Waals surface area contributed by atoms with Crippen LogP contribution in [-0.4, -0.2) is 36.0 Å². The smallest absolute Gasteiger partial charge is 0.228 e. The Labute approximate surface area is 129 Å². The van der Waals surface area contributed by atoms with Crippen LogP contribution < -0.4 is 4.74 Å². The normalized spacial score (nSPS) is 10.4. The molecule has 1 heterocycles. The molecule has 1 amide bonds. The number of ether oxygens (including phenoxy) is 1. The maximum atomic E-state index is 12.1. The highest BCUT2D eigenvalue weighted by Crippen LogP contribution is 2.16. The first kappa shape index (κ1) is 15.5. The van der Waals surface area contributed by atoms with Crippen LogP contribution in [0.25, 0.3) is 0 Å². The Morgan fingerprint density at radius 1 is 1.33 bits per heavy atom. The third kappa shape index (κ3) is 4.56. The summed E-state index contributed by atoms with van der Waals surface area (Å²) in [6.07, 6.45) is 0.352. The van der Waals surface area contributed by atoms with Crippen molar-refractivity contribution in [2.75, 3.05) is 20.2 Å². The van der Waals surface area contributed by atoms with Crippen molar-refractivity contribution in [2.24, 2.45) is 0 Å². The lowest BCUT2D eigenvalue weighted by atomic mass is 10.2. The summed E-state index contributed by atoms with van der Waals surface area (Å²) in [4.78, 5) is 18.1. The molecule has 112 valence electrons. The van der Waals surface area contributed by atoms with Gasteiger partial charge in [0.25, 0.3) is 0 Å². The van der Waals surface area contributed by atoms with Crippen LogP contribution in [0.3, 0.4) is 0 Å². The van der Waals surface area contributed by atoms with Gasteiger partial charge in [0.1, 0.15) is 12.4 Å². The van der Waals surface area contributed by atoms with Gasteiger partial charge in [-0.25, -0.2) is 4.98 Å². The molecule has 0 aliphatic carbocycles. The number of carbonyl (C=O) groups excluding carboxylic acids is 1. The van der Waals surface area contributed by atoms with Crippen molar-refractivity contribution in [3.8, 4) is 5.75 Å². The quantitative estimate of drug-likeness (QED) is 0.824. The van der Waals surface area contributed by atoms with Crippen LogP contribution in [0, 0.1) is 13.8 Å². The molecule has 21 heavy (non-hydrogen) atoms. The van der Waals surface area contributed by atoms with Crippen LogP contribution in [-0.2, 0) is 11.2 Å². The van der Waals surface area contributed by atoms with E-state index in [0.29, 0.717) is 19.6 Å². The molecule has 2 rings (SSSR count). The second-order valence-corrected chi connectivity index (χ2v) is 6.03. The van der Waals surface area contributed by atoms with Gasteiger partial charge in [0.05, 0.1) is 23.7 Å². The first-order valence-electron chi connectivity index (χ1n) is 6.89. The molecule has 4 nitrogen and oxygen atoms in total. The average molecular weight is 304 g/mol. The molecule has 5 heteroatoms. The average Bonchev–Trinajstić information content (AvgIpc) is 2.86. The lowest BCUT2D eigenvalue weighted by molar-refractivity contribution is -0.129. The number of hydrogen-bond donors (Lipinski definition) is 0. The number of aryl methyl sites for hydroxylation is 2. The molecule has 0 saturated carbocycles. The highest BCUT2D eigenvalue weighted by molar-refractivity contribution is 7.09. The molecule has 0 aliphatic rings. The number of amides is 1. The van der Waals surface area contributed by atoms with E-state index in [-0.39, 0.29) is 5.91 Å². The van der Waals surface area contributed by atoms with Crippen LogP contribution in [0.1, 0.15) is 16.3 Å². The minimum Gasteiger partial charge on any atom is -0.491 e. The van der Waals surface area contributed by atoms with E-state index in [9.17, 15) is 4.79 Å². The molecule has 1 aromatic carbocycles. The maximum absolute atomic E-state index is 12.1. The molecular formula is C16H20N2O2S. The molecule has 0 fully saturated rings. The predicted octanol–water partition coefficient (Wildman–Crippen LogP) is 2.84. The minimum atomic E-state index is 0.0636. The van der Waals surface area contributed by atoms with Gasteiger partial charge in [0.2, 0.25) is 5.91 Å². The summed E-state index contributed by atoms with van der Waals surface area (Å²) >= 11 is 1.57. The highest BCUT2D eigenvalue weighted by Gasteiger charge is 2.11. The maximum Gasteiger partial charge on any atom is 0.228 e. The van der Waals surface area contributed by atoms with Crippen molar-refractivity contribution in [1.82, 2.24) is 9.88 Å². The zero-order chi connectivity index (χ0) is 15.2. The van der Waals surface area contributed by atoms with Crippen molar-refractivity contribution in [1.29, 1.82) is 0 Å². The number of thiazole rings is 1. The Morgan fingerprint density at radius 3 is 2.76 bits per heavy atom. The van der Waals surface area contributed by atoms with E-state index in [1.165, 1.54) is 0 Å². The van der Waals surface area contributed by atoms with Crippen LogP contribution in [0.15, 0.2) is 29.6 Å². The topological polar surface area (TPSA) is 42.4 Å². The van der Waals surface area contributed by atoms with Crippen LogP contribution in [0.5, 0.6) is 5.75 Å². The van der Waals surface area contributed by atoms with E-state index in [1.807, 2.05) is 43.5 Å². The number of hydrogen-bond acceptors (Lipinski definition) is 4. The fourth-order valence-corrected chi connectivity index (χ4v) is 2.53. The molecule has 1 aromatic heterocycles. The van der Waals surface area contributed by atoms with Crippen molar-refractivity contribution >= 4 is 17.2 Å². The van der Waals surface area contributed by atoms with E-state index in [0.717, 1.165) is 22.0 Å². The summed E-state index contributed by atoms with van der Waals surface area (Å²) in [5.74, 6) is 0.933. The molecule has 0 spiro atoms. The van der Waals surface area contributed by atoms with Gasteiger partial charge in [-0.05, 0) is 25.5 Å². The van der Waals surface area contributed by atoms with E-state index in [1.54, 1.807) is 23.3 Å². The van der Waals surface area contributed by atoms with Gasteiger partial charge in [0, 0.05) is 12.4 Å². The van der Waals surface area contributed by atoms with Crippen molar-refractivity contribution in [3.05, 3.63) is 45.9 Å². The molecule has 0 radical (unpaired) electrons. The van der Waals surface area contributed by atoms with Crippen molar-refractivity contribution in [3.63, 3.8) is 0 Å². The number of rotatable bonds is 6. The van der Waals surface area contributed by atoms with Gasteiger partial charge in [0.15, 0.2) is 0 Å². The molecular weight excluding hydrogens is 284 g/mol. The van der Waals surface area contributed by atoms with Gasteiger partial charge in [-0.3, -0.25) is 4.79 Å². The number of para-hydroxylation sites is 1. The van der Waals surface area contributed by atoms with Crippen molar-refractivity contribution in [2.45, 2.75) is 20.3 Å². The van der Waals surface area contributed by atoms with Gasteiger partial charge in [-0.2, -0.15) is 0 Å². The Bertz CT molecular complexity index is 610. The zero-order valence-corrected chi connectivity index (χ0v) is 13.4. The molecule has 0 N–H and O–H groups in total. The summed E-state index contributed by atoms with van der Waals surface area (Å²) < 4.78 is 5.70. The monoisotopic (exact) mass is 304 g/mol. The third-order valence-electron chi connectivity index (χ3n) is 3.20. The number of nitrogens with zero attached hydrogens (tertiary/aromatic N) is 2. The summed E-state index contributed by atoms with van der Waals surface area (Å²) in [7, 11) is 1.79. The molecule has 0 atom stereocenters. The Balaban J connectivity index is 1.77. The summed E-state index contributed by atoms with van der Waals surface area (Å²) in [6.45, 7) is 5.01. The van der Waals surface area contributed by atoms with E-state index < -0.39 is 0 Å². The molecule has 0 aliphatic heterocycles. The van der Waals surface area contributed by atoms with Crippen LogP contribution >= 0.6 is 11.3 Å². The number of carbonyl (C=O) groups is 1. The van der Waals surface area contributed by atoms with Gasteiger partial charge in [-0.1, -0.05) is 18.2 Å². The molecule has 2 aromatic rings. The van der Waals surface area contributed by atoms with E-state index >= 15 is 0 Å². The Morgan fingerprint density at radius 2 is 2.10 bits per heavy atom. The Kier molecular flexibility index (Phi) is 5.33. The second-order valence-electron chi connectivity index (χ2n) is 4.96. The highest BCUT2D eigenvalue weighted by atomic mass is 32.1. The largest absolute Gasteiger partial charge is 0.491 e. The minimum absolute atomic E-state index is 0.0636. The summed E-state index contributed by atoms with van der Waals surface area (Å²) in [6, 6.07) is 7.87. The lowest BCUT2D eigenvalue weighted by Gasteiger charge is -2.17. The van der Waals surface area contributed by atoms with Gasteiger partial charge in [-0.15, -0.1) is 11.3 Å². The standard InChI is InChI=1S/C16H20N2O2S/c1-12-6-4-5-7-15(12)20-9-8-18(3)16(19)10-14-11-21-13(2)17-14/h4-7,11H,8-10H2,1-3H3. The fourth-order valence-electron chi connectivity index (χ4n) is 1.91. The van der Waals surface area contributed by atoms with Crippen LogP contribution in [0.2, 0.25) is 0 Å². The Hall–Kier alpha value is -1.88. The molecule has 0 unspecified atom stereocenters. The van der Waals surface area contributed by atoms with Crippen LogP contribution in [0.4, 0.5) is 0 Å². The third-order valence-corrected chi connectivity index (χ3v) is 4.02. The first-order chi connectivity index (χ1) is 10.1. The van der Waals surface area contributed by atoms with Gasteiger partial charge < -0.3 is 9.64 Å². The number of aromatic nitrogens is 1. The lowest BCUT2D eigenvalue weighted by Crippen LogP contribution is -2.32. The SMILES string of the molecule is Cc1nc(CC(=O)N(C)CCOc2ccccc2C)cs1. The van der Waals surface area contributed by atoms with E-state index in [2.05, 4.69) is 4.98 Å². The fraction of sp³-hybridized carbons (Fsp3) is 0.375.